The van der Waals surface area contributed by atoms with Crippen LogP contribution < -0.4 is 10.6 Å². The van der Waals surface area contributed by atoms with E-state index in [1.54, 1.807) is 24.3 Å². The van der Waals surface area contributed by atoms with Gasteiger partial charge in [0.05, 0.1) is 65.9 Å². The van der Waals surface area contributed by atoms with Gasteiger partial charge in [0, 0.05) is 12.2 Å². The van der Waals surface area contributed by atoms with Crippen LogP contribution >= 0.6 is 0 Å². The second-order valence-electron chi connectivity index (χ2n) is 6.36. The van der Waals surface area contributed by atoms with Crippen molar-refractivity contribution in [2.24, 2.45) is 0 Å². The Morgan fingerprint density at radius 2 is 1.31 bits per heavy atom. The standard InChI is InChI=1S/C22H32N2O8/c1-2-8-28-10-12-30-14-16-32-17-15-31-13-11-29-9-7-21(25)24-20-5-3-19(4-6-20)18-23-22(26)27/h1,3-6,23H,7-18H2,(H,24,25)(H,26,27). The van der Waals surface area contributed by atoms with E-state index in [0.717, 1.165) is 5.56 Å². The summed E-state index contributed by atoms with van der Waals surface area (Å²) in [5, 5.41) is 13.6. The SMILES string of the molecule is C#CCOCCOCCOCCOCCOCCC(=O)Nc1ccc(CNC(=O)O)cc1. The van der Waals surface area contributed by atoms with Gasteiger partial charge in [-0.2, -0.15) is 0 Å². The van der Waals surface area contributed by atoms with Crippen molar-refractivity contribution in [1.82, 2.24) is 5.32 Å². The van der Waals surface area contributed by atoms with Crippen molar-refractivity contribution in [2.75, 3.05) is 71.4 Å². The lowest BCUT2D eigenvalue weighted by Crippen LogP contribution is -2.20. The van der Waals surface area contributed by atoms with E-state index >= 15 is 0 Å². The van der Waals surface area contributed by atoms with Crippen LogP contribution in [0.25, 0.3) is 0 Å². The average molecular weight is 453 g/mol. The molecule has 0 bridgehead atoms. The minimum absolute atomic E-state index is 0.166. The molecule has 0 atom stereocenters. The largest absolute Gasteiger partial charge is 0.465 e. The first-order valence-corrected chi connectivity index (χ1v) is 10.3. The second kappa shape index (κ2) is 19.0. The van der Waals surface area contributed by atoms with Crippen molar-refractivity contribution >= 4 is 17.7 Å². The molecule has 0 aromatic heterocycles. The number of terminal acetylenes is 1. The first kappa shape index (κ1) is 27.4. The molecule has 1 rings (SSSR count). The van der Waals surface area contributed by atoms with Crippen molar-refractivity contribution in [3.63, 3.8) is 0 Å². The molecule has 0 aliphatic heterocycles. The molecular weight excluding hydrogens is 420 g/mol. The number of anilines is 1. The lowest BCUT2D eigenvalue weighted by Gasteiger charge is -2.08. The van der Waals surface area contributed by atoms with Crippen molar-refractivity contribution in [2.45, 2.75) is 13.0 Å². The zero-order valence-electron chi connectivity index (χ0n) is 18.2. The first-order chi connectivity index (χ1) is 15.6. The monoisotopic (exact) mass is 452 g/mol. The summed E-state index contributed by atoms with van der Waals surface area (Å²) in [4.78, 5) is 22.4. The third kappa shape index (κ3) is 16.1. The van der Waals surface area contributed by atoms with Gasteiger partial charge in [-0.15, -0.1) is 6.42 Å². The normalized spacial score (nSPS) is 10.5. The van der Waals surface area contributed by atoms with Crippen molar-refractivity contribution in [3.05, 3.63) is 29.8 Å². The average Bonchev–Trinajstić information content (AvgIpc) is 2.78. The van der Waals surface area contributed by atoms with E-state index in [1.807, 2.05) is 0 Å². The van der Waals surface area contributed by atoms with Gasteiger partial charge in [-0.1, -0.05) is 18.1 Å². The predicted molar refractivity (Wildman–Crippen MR) is 117 cm³/mol. The highest BCUT2D eigenvalue weighted by Crippen LogP contribution is 2.09. The van der Waals surface area contributed by atoms with Crippen LogP contribution in [0.2, 0.25) is 0 Å². The summed E-state index contributed by atoms with van der Waals surface area (Å²) in [5.74, 6) is 2.21. The maximum Gasteiger partial charge on any atom is 0.404 e. The Hall–Kier alpha value is -2.68. The maximum atomic E-state index is 11.9. The van der Waals surface area contributed by atoms with E-state index in [9.17, 15) is 9.59 Å². The molecule has 10 heteroatoms. The number of rotatable bonds is 19. The van der Waals surface area contributed by atoms with E-state index in [4.69, 9.17) is 35.2 Å². The molecular formula is C22H32N2O8. The highest BCUT2D eigenvalue weighted by molar-refractivity contribution is 5.90. The Bertz CT molecular complexity index is 676. The van der Waals surface area contributed by atoms with Crippen molar-refractivity contribution in [1.29, 1.82) is 0 Å². The molecule has 2 amide bonds. The fraction of sp³-hybridized carbons (Fsp3) is 0.545. The molecule has 0 fully saturated rings. The Balaban J connectivity index is 1.89. The number of hydrogen-bond donors (Lipinski definition) is 3. The second-order valence-corrected chi connectivity index (χ2v) is 6.36. The first-order valence-electron chi connectivity index (χ1n) is 10.3. The summed E-state index contributed by atoms with van der Waals surface area (Å²) in [6, 6.07) is 6.92. The highest BCUT2D eigenvalue weighted by Gasteiger charge is 2.03. The fourth-order valence-electron chi connectivity index (χ4n) is 2.28. The number of carboxylic acid groups (broad SMARTS) is 1. The van der Waals surface area contributed by atoms with Crippen LogP contribution in [0.1, 0.15) is 12.0 Å². The third-order valence-electron chi connectivity index (χ3n) is 3.83. The van der Waals surface area contributed by atoms with Gasteiger partial charge in [0.2, 0.25) is 5.91 Å². The van der Waals surface area contributed by atoms with Gasteiger partial charge < -0.3 is 39.4 Å². The Kier molecular flexibility index (Phi) is 16.3. The van der Waals surface area contributed by atoms with Gasteiger partial charge >= 0.3 is 6.09 Å². The van der Waals surface area contributed by atoms with Crippen LogP contribution in [0.15, 0.2) is 24.3 Å². The number of nitrogens with one attached hydrogen (secondary N) is 2. The lowest BCUT2D eigenvalue weighted by molar-refractivity contribution is -0.117. The van der Waals surface area contributed by atoms with Gasteiger partial charge in [-0.3, -0.25) is 4.79 Å². The minimum atomic E-state index is -1.08. The molecule has 1 aromatic rings. The van der Waals surface area contributed by atoms with E-state index < -0.39 is 6.09 Å². The van der Waals surface area contributed by atoms with Crippen LogP contribution in [0, 0.1) is 12.3 Å². The summed E-state index contributed by atoms with van der Waals surface area (Å²) >= 11 is 0. The van der Waals surface area contributed by atoms with Crippen LogP contribution in [-0.2, 0) is 35.0 Å². The molecule has 0 saturated heterocycles. The van der Waals surface area contributed by atoms with E-state index in [-0.39, 0.29) is 25.5 Å². The van der Waals surface area contributed by atoms with Crippen LogP contribution in [-0.4, -0.2) is 83.2 Å². The number of amides is 2. The van der Waals surface area contributed by atoms with E-state index in [0.29, 0.717) is 65.1 Å². The van der Waals surface area contributed by atoms with Crippen LogP contribution in [0.5, 0.6) is 0 Å². The van der Waals surface area contributed by atoms with Gasteiger partial charge in [-0.05, 0) is 17.7 Å². The van der Waals surface area contributed by atoms with Crippen LogP contribution in [0.3, 0.4) is 0 Å². The summed E-state index contributed by atoms with van der Waals surface area (Å²) in [5.41, 5.74) is 1.44. The number of hydrogen-bond acceptors (Lipinski definition) is 7. The van der Waals surface area contributed by atoms with Crippen LogP contribution in [0.4, 0.5) is 10.5 Å². The van der Waals surface area contributed by atoms with E-state index in [1.165, 1.54) is 0 Å². The molecule has 0 aliphatic carbocycles. The minimum Gasteiger partial charge on any atom is -0.465 e. The quantitative estimate of drug-likeness (QED) is 0.213. The zero-order chi connectivity index (χ0) is 23.3. The molecule has 32 heavy (non-hydrogen) atoms. The third-order valence-corrected chi connectivity index (χ3v) is 3.83. The molecule has 3 N–H and O–H groups in total. The summed E-state index contributed by atoms with van der Waals surface area (Å²) in [6.45, 7) is 4.42. The van der Waals surface area contributed by atoms with Gasteiger partial charge in [0.25, 0.3) is 0 Å². The zero-order valence-corrected chi connectivity index (χ0v) is 18.2. The summed E-state index contributed by atoms with van der Waals surface area (Å²) in [6.07, 6.45) is 4.19. The van der Waals surface area contributed by atoms with Gasteiger partial charge in [0.15, 0.2) is 0 Å². The number of ether oxygens (including phenoxy) is 5. The molecule has 0 spiro atoms. The fourth-order valence-corrected chi connectivity index (χ4v) is 2.28. The van der Waals surface area contributed by atoms with Gasteiger partial charge in [0.1, 0.15) is 6.61 Å². The molecule has 0 unspecified atom stereocenters. The van der Waals surface area contributed by atoms with Crippen molar-refractivity contribution in [3.8, 4) is 12.3 Å². The van der Waals surface area contributed by atoms with Gasteiger partial charge in [-0.25, -0.2) is 4.79 Å². The molecule has 10 nitrogen and oxygen atoms in total. The summed E-state index contributed by atoms with van der Waals surface area (Å²) in [7, 11) is 0. The molecule has 0 aliphatic rings. The topological polar surface area (TPSA) is 125 Å². The van der Waals surface area contributed by atoms with E-state index in [2.05, 4.69) is 16.6 Å². The number of benzene rings is 1. The molecule has 178 valence electrons. The Morgan fingerprint density at radius 3 is 1.81 bits per heavy atom. The molecule has 0 heterocycles. The molecule has 1 aromatic carbocycles. The van der Waals surface area contributed by atoms with Crippen molar-refractivity contribution < 1.29 is 38.4 Å². The smallest absolute Gasteiger partial charge is 0.404 e. The lowest BCUT2D eigenvalue weighted by atomic mass is 10.2. The number of carbonyl (C=O) groups is 2. The molecule has 0 saturated carbocycles. The summed E-state index contributed by atoms with van der Waals surface area (Å²) < 4.78 is 26.5. The Labute approximate surface area is 188 Å². The maximum absolute atomic E-state index is 11.9. The Morgan fingerprint density at radius 1 is 0.812 bits per heavy atom. The number of carbonyl (C=O) groups excluding carboxylic acids is 1. The molecule has 0 radical (unpaired) electrons. The highest BCUT2D eigenvalue weighted by atomic mass is 16.6. The predicted octanol–water partition coefficient (Wildman–Crippen LogP) is 1.50.